The fourth-order valence-corrected chi connectivity index (χ4v) is 1.63. The number of hydrogen-bond acceptors (Lipinski definition) is 1. The van der Waals surface area contributed by atoms with Crippen molar-refractivity contribution in [2.75, 3.05) is 0 Å². The molecule has 0 unspecified atom stereocenters. The Morgan fingerprint density at radius 1 is 1.36 bits per heavy atom. The van der Waals surface area contributed by atoms with Crippen molar-refractivity contribution in [2.45, 2.75) is 47.5 Å². The maximum absolute atomic E-state index is 5.38. The van der Waals surface area contributed by atoms with Gasteiger partial charge in [-0.3, -0.25) is 0 Å². The molecule has 11 heavy (non-hydrogen) atoms. The van der Waals surface area contributed by atoms with Gasteiger partial charge in [0.05, 0.1) is 0 Å². The van der Waals surface area contributed by atoms with Gasteiger partial charge in [0, 0.05) is 4.86 Å². The zero-order chi connectivity index (χ0) is 9.07. The molecule has 0 aromatic rings. The summed E-state index contributed by atoms with van der Waals surface area (Å²) in [5.74, 6) is 0.548. The molecule has 66 valence electrons. The Balaban J connectivity index is 4.17. The van der Waals surface area contributed by atoms with Crippen LogP contribution in [0.15, 0.2) is 0 Å². The van der Waals surface area contributed by atoms with Gasteiger partial charge in [0.15, 0.2) is 0 Å². The first-order chi connectivity index (χ1) is 4.91. The van der Waals surface area contributed by atoms with E-state index in [1.807, 2.05) is 0 Å². The molecule has 0 saturated carbocycles. The van der Waals surface area contributed by atoms with Crippen LogP contribution in [0.3, 0.4) is 0 Å². The Morgan fingerprint density at radius 3 is 2.09 bits per heavy atom. The van der Waals surface area contributed by atoms with Gasteiger partial charge in [0.1, 0.15) is 0 Å². The summed E-state index contributed by atoms with van der Waals surface area (Å²) in [6.45, 7) is 11.1. The molecule has 0 amide bonds. The van der Waals surface area contributed by atoms with Crippen LogP contribution in [-0.4, -0.2) is 4.86 Å². The lowest BCUT2D eigenvalue weighted by atomic mass is 9.80. The lowest BCUT2D eigenvalue weighted by Gasteiger charge is -2.27. The highest BCUT2D eigenvalue weighted by molar-refractivity contribution is 7.80. The van der Waals surface area contributed by atoms with Crippen molar-refractivity contribution in [3.8, 4) is 0 Å². The second-order valence-corrected chi connectivity index (χ2v) is 4.59. The molecule has 0 atom stereocenters. The molecule has 0 spiro atoms. The zero-order valence-electron chi connectivity index (χ0n) is 8.40. The van der Waals surface area contributed by atoms with Crippen LogP contribution in [0.25, 0.3) is 0 Å². The highest BCUT2D eigenvalue weighted by Gasteiger charge is 2.23. The molecule has 0 radical (unpaired) electrons. The van der Waals surface area contributed by atoms with Gasteiger partial charge in [-0.2, -0.15) is 0 Å². The van der Waals surface area contributed by atoms with Gasteiger partial charge in [-0.05, 0) is 17.8 Å². The Hall–Kier alpha value is 0.0900. The van der Waals surface area contributed by atoms with Gasteiger partial charge in [-0.15, -0.1) is 0 Å². The van der Waals surface area contributed by atoms with Crippen LogP contribution in [0.4, 0.5) is 0 Å². The second-order valence-electron chi connectivity index (χ2n) is 4.15. The van der Waals surface area contributed by atoms with Gasteiger partial charge in [0.25, 0.3) is 0 Å². The van der Waals surface area contributed by atoms with Crippen LogP contribution >= 0.6 is 12.2 Å². The number of hydrogen-bond donors (Lipinski definition) is 0. The topological polar surface area (TPSA) is 0 Å². The smallest absolute Gasteiger partial charge is 0.00101 e. The van der Waals surface area contributed by atoms with E-state index in [0.29, 0.717) is 5.92 Å². The van der Waals surface area contributed by atoms with E-state index in [9.17, 15) is 0 Å². The van der Waals surface area contributed by atoms with Crippen molar-refractivity contribution in [3.05, 3.63) is 0 Å². The van der Waals surface area contributed by atoms with Gasteiger partial charge in [-0.25, -0.2) is 0 Å². The number of rotatable bonds is 4. The summed E-state index contributed by atoms with van der Waals surface area (Å²) in [6, 6.07) is 0. The summed E-state index contributed by atoms with van der Waals surface area (Å²) in [5.41, 5.74) is 0.262. The van der Waals surface area contributed by atoms with E-state index in [4.69, 9.17) is 12.2 Å². The molecule has 0 fully saturated rings. The molecule has 0 N–H and O–H groups in total. The summed E-state index contributed by atoms with van der Waals surface area (Å²) in [7, 11) is 0. The molecular weight excluding hydrogens is 152 g/mol. The van der Waals surface area contributed by atoms with Gasteiger partial charge < -0.3 is 0 Å². The Morgan fingerprint density at radius 2 is 1.82 bits per heavy atom. The van der Waals surface area contributed by atoms with Crippen molar-refractivity contribution in [1.29, 1.82) is 0 Å². The summed E-state index contributed by atoms with van der Waals surface area (Å²) < 4.78 is 0. The molecule has 0 nitrogen and oxygen atoms in total. The largest absolute Gasteiger partial charge is 0.0888 e. The fraction of sp³-hybridized carbons (Fsp3) is 0.900. The minimum Gasteiger partial charge on any atom is -0.0888 e. The Kier molecular flexibility index (Phi) is 4.23. The summed E-state index contributed by atoms with van der Waals surface area (Å²) >= 11 is 5.38. The van der Waals surface area contributed by atoms with E-state index in [0.717, 1.165) is 0 Å². The summed E-state index contributed by atoms with van der Waals surface area (Å²) in [6.07, 6.45) is 2.43. The highest BCUT2D eigenvalue weighted by atomic mass is 32.1. The van der Waals surface area contributed by atoms with E-state index >= 15 is 0 Å². The predicted octanol–water partition coefficient (Wildman–Crippen LogP) is 3.84. The fourth-order valence-electron chi connectivity index (χ4n) is 1.53. The monoisotopic (exact) mass is 172 g/mol. The third-order valence-electron chi connectivity index (χ3n) is 2.07. The summed E-state index contributed by atoms with van der Waals surface area (Å²) in [5, 5.41) is 0. The first kappa shape index (κ1) is 11.1. The molecule has 1 heteroatoms. The molecule has 0 heterocycles. The SMILES string of the molecule is CCCC(C)(C)C(=S)C(C)C. The van der Waals surface area contributed by atoms with Crippen molar-refractivity contribution in [1.82, 2.24) is 0 Å². The van der Waals surface area contributed by atoms with E-state index in [-0.39, 0.29) is 5.41 Å². The lowest BCUT2D eigenvalue weighted by molar-refractivity contribution is 0.458. The van der Waals surface area contributed by atoms with Gasteiger partial charge in [0.2, 0.25) is 0 Å². The zero-order valence-corrected chi connectivity index (χ0v) is 9.22. The van der Waals surface area contributed by atoms with Crippen LogP contribution < -0.4 is 0 Å². The average Bonchev–Trinajstić information content (AvgIpc) is 1.86. The summed E-state index contributed by atoms with van der Waals surface area (Å²) in [4.78, 5) is 1.22. The third kappa shape index (κ3) is 3.33. The average molecular weight is 172 g/mol. The van der Waals surface area contributed by atoms with Crippen LogP contribution in [-0.2, 0) is 0 Å². The van der Waals surface area contributed by atoms with Crippen LogP contribution in [0.5, 0.6) is 0 Å². The minimum absolute atomic E-state index is 0.262. The minimum atomic E-state index is 0.262. The third-order valence-corrected chi connectivity index (χ3v) is 3.09. The molecule has 0 bridgehead atoms. The van der Waals surface area contributed by atoms with Crippen LogP contribution in [0.1, 0.15) is 47.5 Å². The molecular formula is C10H20S. The predicted molar refractivity (Wildman–Crippen MR) is 56.1 cm³/mol. The molecule has 0 saturated heterocycles. The van der Waals surface area contributed by atoms with E-state index in [1.165, 1.54) is 17.7 Å². The maximum Gasteiger partial charge on any atom is 0.00101 e. The second kappa shape index (κ2) is 4.20. The van der Waals surface area contributed by atoms with Crippen molar-refractivity contribution >= 4 is 17.1 Å². The normalized spacial score (nSPS) is 12.2. The van der Waals surface area contributed by atoms with Crippen LogP contribution in [0.2, 0.25) is 0 Å². The molecule has 0 rings (SSSR count). The molecule has 0 aromatic carbocycles. The quantitative estimate of drug-likeness (QED) is 0.581. The number of thiocarbonyl (C=S) groups is 1. The Bertz CT molecular complexity index is 134. The van der Waals surface area contributed by atoms with Crippen molar-refractivity contribution in [3.63, 3.8) is 0 Å². The maximum atomic E-state index is 5.38. The molecule has 0 aliphatic carbocycles. The van der Waals surface area contributed by atoms with E-state index in [1.54, 1.807) is 0 Å². The van der Waals surface area contributed by atoms with Crippen LogP contribution in [0, 0.1) is 11.3 Å². The van der Waals surface area contributed by atoms with Gasteiger partial charge >= 0.3 is 0 Å². The first-order valence-corrected chi connectivity index (χ1v) is 4.87. The van der Waals surface area contributed by atoms with Gasteiger partial charge in [-0.1, -0.05) is 53.3 Å². The van der Waals surface area contributed by atoms with E-state index < -0.39 is 0 Å². The highest BCUT2D eigenvalue weighted by Crippen LogP contribution is 2.28. The standard InChI is InChI=1S/C10H20S/c1-6-7-10(4,5)9(11)8(2)3/h8H,6-7H2,1-5H3. The Labute approximate surface area is 76.4 Å². The lowest BCUT2D eigenvalue weighted by Crippen LogP contribution is -2.26. The molecule has 0 aromatic heterocycles. The molecule has 0 aliphatic rings. The molecule has 0 aliphatic heterocycles. The van der Waals surface area contributed by atoms with Crippen molar-refractivity contribution in [2.24, 2.45) is 11.3 Å². The van der Waals surface area contributed by atoms with E-state index in [2.05, 4.69) is 34.6 Å². The first-order valence-electron chi connectivity index (χ1n) is 4.46. The van der Waals surface area contributed by atoms with Crippen molar-refractivity contribution < 1.29 is 0 Å².